The molecule has 0 amide bonds. The summed E-state index contributed by atoms with van der Waals surface area (Å²) in [5, 5.41) is 8.61. The molecule has 0 saturated heterocycles. The summed E-state index contributed by atoms with van der Waals surface area (Å²) in [6, 6.07) is 1.65. The van der Waals surface area contributed by atoms with Crippen LogP contribution in [0.25, 0.3) is 0 Å². The second-order valence-corrected chi connectivity index (χ2v) is 3.44. The molecule has 1 aromatic heterocycles. The summed E-state index contributed by atoms with van der Waals surface area (Å²) in [4.78, 5) is 3.42. The van der Waals surface area contributed by atoms with E-state index in [4.69, 9.17) is 11.0 Å². The number of alkyl halides is 3. The van der Waals surface area contributed by atoms with Crippen LogP contribution in [0.3, 0.4) is 0 Å². The Labute approximate surface area is 96.0 Å². The molecule has 0 radical (unpaired) electrons. The normalized spacial score (nSPS) is 10.9. The van der Waals surface area contributed by atoms with Crippen LogP contribution in [-0.2, 0) is 0 Å². The van der Waals surface area contributed by atoms with Gasteiger partial charge >= 0.3 is 6.36 Å². The van der Waals surface area contributed by atoms with E-state index in [1.807, 2.05) is 0 Å². The zero-order valence-corrected chi connectivity index (χ0v) is 9.13. The lowest BCUT2D eigenvalue weighted by molar-refractivity contribution is -0.275. The van der Waals surface area contributed by atoms with Crippen LogP contribution in [0.4, 0.5) is 19.0 Å². The molecule has 80 valence electrons. The average Bonchev–Trinajstić information content (AvgIpc) is 2.09. The van der Waals surface area contributed by atoms with Gasteiger partial charge in [0.1, 0.15) is 17.5 Å². The number of rotatable bonds is 1. The van der Waals surface area contributed by atoms with Crippen LogP contribution in [0.15, 0.2) is 6.20 Å². The van der Waals surface area contributed by atoms with Crippen molar-refractivity contribution in [3.63, 3.8) is 0 Å². The molecule has 1 rings (SSSR count). The summed E-state index contributed by atoms with van der Waals surface area (Å²) < 4.78 is 39.3. The Morgan fingerprint density at radius 3 is 2.60 bits per heavy atom. The Hall–Kier alpha value is -1.24. The first-order valence-corrected chi connectivity index (χ1v) is 4.53. The fourth-order valence-corrected chi connectivity index (χ4v) is 1.43. The third kappa shape index (κ3) is 2.85. The zero-order chi connectivity index (χ0) is 11.6. The number of ether oxygens (including phenoxy) is 1. The van der Waals surface area contributed by atoms with Gasteiger partial charge in [0.25, 0.3) is 0 Å². The van der Waals surface area contributed by atoms with Crippen molar-refractivity contribution in [2.45, 2.75) is 6.36 Å². The highest BCUT2D eigenvalue weighted by molar-refractivity contribution is 14.1. The van der Waals surface area contributed by atoms with Crippen molar-refractivity contribution < 1.29 is 17.9 Å². The van der Waals surface area contributed by atoms with E-state index in [2.05, 4.69) is 9.72 Å². The number of hydrogen-bond donors (Lipinski definition) is 1. The number of aromatic nitrogens is 1. The first-order valence-electron chi connectivity index (χ1n) is 3.45. The minimum atomic E-state index is -4.82. The average molecular weight is 329 g/mol. The predicted octanol–water partition coefficient (Wildman–Crippen LogP) is 2.04. The zero-order valence-electron chi connectivity index (χ0n) is 6.97. The molecule has 0 aliphatic rings. The van der Waals surface area contributed by atoms with Gasteiger partial charge in [0.15, 0.2) is 5.75 Å². The molecule has 8 heteroatoms. The molecule has 0 spiro atoms. The molecule has 0 aliphatic carbocycles. The fraction of sp³-hybridized carbons (Fsp3) is 0.143. The van der Waals surface area contributed by atoms with Crippen LogP contribution in [0.5, 0.6) is 5.75 Å². The largest absolute Gasteiger partial charge is 0.573 e. The molecule has 0 atom stereocenters. The van der Waals surface area contributed by atoms with Crippen LogP contribution in [0, 0.1) is 14.9 Å². The van der Waals surface area contributed by atoms with E-state index in [1.54, 1.807) is 6.07 Å². The second-order valence-electron chi connectivity index (χ2n) is 2.36. The Bertz CT molecular complexity index is 427. The van der Waals surface area contributed by atoms with Crippen molar-refractivity contribution in [2.24, 2.45) is 0 Å². The van der Waals surface area contributed by atoms with Gasteiger partial charge in [0.2, 0.25) is 0 Å². The minimum Gasteiger partial charge on any atom is -0.403 e. The third-order valence-corrected chi connectivity index (χ3v) is 2.42. The monoisotopic (exact) mass is 329 g/mol. The van der Waals surface area contributed by atoms with Gasteiger partial charge in [0.05, 0.1) is 9.77 Å². The number of pyridine rings is 1. The van der Waals surface area contributed by atoms with Crippen molar-refractivity contribution in [1.82, 2.24) is 4.98 Å². The first-order chi connectivity index (χ1) is 6.85. The summed E-state index contributed by atoms with van der Waals surface area (Å²) in [7, 11) is 0. The van der Waals surface area contributed by atoms with E-state index in [9.17, 15) is 13.2 Å². The summed E-state index contributed by atoms with van der Waals surface area (Å²) in [6.45, 7) is 0. The van der Waals surface area contributed by atoms with Crippen LogP contribution in [0.1, 0.15) is 5.56 Å². The topological polar surface area (TPSA) is 71.9 Å². The maximum absolute atomic E-state index is 11.9. The van der Waals surface area contributed by atoms with Crippen molar-refractivity contribution >= 4 is 28.4 Å². The first kappa shape index (κ1) is 11.8. The van der Waals surface area contributed by atoms with E-state index in [-0.39, 0.29) is 15.0 Å². The van der Waals surface area contributed by atoms with Crippen LogP contribution >= 0.6 is 22.6 Å². The number of anilines is 1. The number of nitrogen functional groups attached to an aromatic ring is 1. The highest BCUT2D eigenvalue weighted by Gasteiger charge is 2.32. The molecule has 15 heavy (non-hydrogen) atoms. The maximum Gasteiger partial charge on any atom is 0.573 e. The molecule has 0 aromatic carbocycles. The van der Waals surface area contributed by atoms with Crippen molar-refractivity contribution in [3.05, 3.63) is 15.3 Å². The van der Waals surface area contributed by atoms with E-state index in [0.717, 1.165) is 6.20 Å². The molecule has 0 saturated carbocycles. The summed E-state index contributed by atoms with van der Waals surface area (Å²) >= 11 is 1.54. The summed E-state index contributed by atoms with van der Waals surface area (Å²) in [5.74, 6) is -0.662. The minimum absolute atomic E-state index is 0.0140. The molecule has 1 heterocycles. The number of hydrogen-bond acceptors (Lipinski definition) is 4. The van der Waals surface area contributed by atoms with Gasteiger partial charge in [-0.3, -0.25) is 0 Å². The molecule has 0 unspecified atom stereocenters. The smallest absolute Gasteiger partial charge is 0.403 e. The van der Waals surface area contributed by atoms with Crippen molar-refractivity contribution in [1.29, 1.82) is 5.26 Å². The van der Waals surface area contributed by atoms with E-state index < -0.39 is 12.1 Å². The third-order valence-electron chi connectivity index (χ3n) is 1.35. The van der Waals surface area contributed by atoms with Gasteiger partial charge in [-0.1, -0.05) is 0 Å². The van der Waals surface area contributed by atoms with Crippen molar-refractivity contribution in [3.8, 4) is 11.8 Å². The highest BCUT2D eigenvalue weighted by Crippen LogP contribution is 2.30. The molecule has 4 nitrogen and oxygen atoms in total. The SMILES string of the molecule is N#Cc1c(N)ncc(OC(F)(F)F)c1I. The molecular weight excluding hydrogens is 326 g/mol. The van der Waals surface area contributed by atoms with E-state index in [1.165, 1.54) is 22.6 Å². The molecular formula is C7H3F3IN3O. The quantitative estimate of drug-likeness (QED) is 0.801. The number of nitrogens with two attached hydrogens (primary N) is 1. The lowest BCUT2D eigenvalue weighted by Crippen LogP contribution is -2.18. The fourth-order valence-electron chi connectivity index (χ4n) is 0.787. The molecule has 2 N–H and O–H groups in total. The Morgan fingerprint density at radius 2 is 2.13 bits per heavy atom. The van der Waals surface area contributed by atoms with E-state index in [0.29, 0.717) is 0 Å². The number of nitrogens with zero attached hydrogens (tertiary/aromatic N) is 2. The predicted molar refractivity (Wildman–Crippen MR) is 52.8 cm³/mol. The van der Waals surface area contributed by atoms with Crippen molar-refractivity contribution in [2.75, 3.05) is 5.73 Å². The van der Waals surface area contributed by atoms with Gasteiger partial charge in [-0.05, 0) is 22.6 Å². The Morgan fingerprint density at radius 1 is 1.53 bits per heavy atom. The van der Waals surface area contributed by atoms with Gasteiger partial charge in [-0.2, -0.15) is 5.26 Å². The number of halogens is 4. The van der Waals surface area contributed by atoms with Gasteiger partial charge in [-0.25, -0.2) is 4.98 Å². The standard InChI is InChI=1S/C7H3F3IN3O/c8-7(9,10)15-4-2-14-6(13)3(1-12)5(4)11/h2H,(H2,13,14). The molecule has 0 aliphatic heterocycles. The highest BCUT2D eigenvalue weighted by atomic mass is 127. The second kappa shape index (κ2) is 4.09. The molecule has 0 fully saturated rings. The Kier molecular flexibility index (Phi) is 3.23. The van der Waals surface area contributed by atoms with Crippen LogP contribution in [0.2, 0.25) is 0 Å². The number of nitriles is 1. The molecule has 0 bridgehead atoms. The maximum atomic E-state index is 11.9. The lowest BCUT2D eigenvalue weighted by atomic mass is 10.3. The van der Waals surface area contributed by atoms with Gasteiger partial charge in [-0.15, -0.1) is 13.2 Å². The summed E-state index contributed by atoms with van der Waals surface area (Å²) in [5.41, 5.74) is 5.16. The van der Waals surface area contributed by atoms with Crippen LogP contribution in [-0.4, -0.2) is 11.3 Å². The Balaban J connectivity index is 3.18. The van der Waals surface area contributed by atoms with E-state index >= 15 is 0 Å². The van der Waals surface area contributed by atoms with Gasteiger partial charge < -0.3 is 10.5 Å². The lowest BCUT2D eigenvalue weighted by Gasteiger charge is -2.11. The van der Waals surface area contributed by atoms with Gasteiger partial charge in [0, 0.05) is 0 Å². The van der Waals surface area contributed by atoms with Crippen LogP contribution < -0.4 is 10.5 Å². The molecule has 1 aromatic rings. The summed E-state index contributed by atoms with van der Waals surface area (Å²) in [6.07, 6.45) is -3.99.